The summed E-state index contributed by atoms with van der Waals surface area (Å²) < 4.78 is 5.68. The second-order valence-corrected chi connectivity index (χ2v) is 5.57. The van der Waals surface area contributed by atoms with E-state index in [0.29, 0.717) is 0 Å². The smallest absolute Gasteiger partial charge is 0.123 e. The topological polar surface area (TPSA) is 33.0 Å². The van der Waals surface area contributed by atoms with Crippen molar-refractivity contribution in [1.82, 2.24) is 0 Å². The first-order valence-electron chi connectivity index (χ1n) is 7.31. The minimum absolute atomic E-state index is 0.285. The van der Waals surface area contributed by atoms with Crippen LogP contribution >= 0.6 is 0 Å². The lowest BCUT2D eigenvalue weighted by Gasteiger charge is -2.13. The lowest BCUT2D eigenvalue weighted by molar-refractivity contribution is 0.357. The van der Waals surface area contributed by atoms with Crippen molar-refractivity contribution >= 4 is 5.57 Å². The standard InChI is InChI=1S/C19H15NO/c20-10-8-15-17(13-4-2-1-3-5-13)12-14-6-7-18-16(19(14)15)9-11-21-18/h1-8,17H,9,11-12H2. The molecule has 1 unspecified atom stereocenters. The molecule has 0 N–H and O–H groups in total. The highest BCUT2D eigenvalue weighted by molar-refractivity contribution is 5.83. The van der Waals surface area contributed by atoms with E-state index in [1.54, 1.807) is 6.08 Å². The minimum atomic E-state index is 0.285. The first-order valence-corrected chi connectivity index (χ1v) is 7.31. The molecule has 2 heteroatoms. The van der Waals surface area contributed by atoms with Crippen LogP contribution in [-0.2, 0) is 12.8 Å². The van der Waals surface area contributed by atoms with Gasteiger partial charge < -0.3 is 4.74 Å². The highest BCUT2D eigenvalue weighted by Gasteiger charge is 2.32. The van der Waals surface area contributed by atoms with Crippen LogP contribution in [0, 0.1) is 11.3 Å². The summed E-state index contributed by atoms with van der Waals surface area (Å²) in [6.07, 6.45) is 3.64. The maximum Gasteiger partial charge on any atom is 0.123 e. The molecule has 0 bridgehead atoms. The highest BCUT2D eigenvalue weighted by atomic mass is 16.5. The van der Waals surface area contributed by atoms with Crippen LogP contribution in [0.2, 0.25) is 0 Å². The van der Waals surface area contributed by atoms with Gasteiger partial charge in [0.05, 0.1) is 12.7 Å². The fraction of sp³-hybridized carbons (Fsp3) is 0.211. The molecule has 0 saturated carbocycles. The number of benzene rings is 2. The largest absolute Gasteiger partial charge is 0.493 e. The lowest BCUT2D eigenvalue weighted by atomic mass is 9.90. The third-order valence-electron chi connectivity index (χ3n) is 4.48. The van der Waals surface area contributed by atoms with E-state index in [9.17, 15) is 5.26 Å². The Morgan fingerprint density at radius 2 is 2.00 bits per heavy atom. The highest BCUT2D eigenvalue weighted by Crippen LogP contribution is 2.47. The van der Waals surface area contributed by atoms with Gasteiger partial charge in [-0.3, -0.25) is 0 Å². The maximum absolute atomic E-state index is 9.21. The number of allylic oxidation sites excluding steroid dienone is 2. The molecule has 0 fully saturated rings. The Kier molecular flexibility index (Phi) is 2.79. The van der Waals surface area contributed by atoms with Crippen LogP contribution in [0.15, 0.2) is 48.5 Å². The van der Waals surface area contributed by atoms with E-state index in [-0.39, 0.29) is 5.92 Å². The fourth-order valence-corrected chi connectivity index (χ4v) is 3.58. The molecule has 21 heavy (non-hydrogen) atoms. The number of rotatable bonds is 1. The van der Waals surface area contributed by atoms with E-state index in [1.807, 2.05) is 6.07 Å². The molecule has 2 aromatic rings. The van der Waals surface area contributed by atoms with Crippen molar-refractivity contribution < 1.29 is 4.74 Å². The summed E-state index contributed by atoms with van der Waals surface area (Å²) in [6, 6.07) is 16.9. The van der Waals surface area contributed by atoms with Crippen LogP contribution in [0.1, 0.15) is 28.2 Å². The summed E-state index contributed by atoms with van der Waals surface area (Å²) in [5, 5.41) is 9.21. The molecule has 1 aliphatic carbocycles. The van der Waals surface area contributed by atoms with Crippen molar-refractivity contribution in [3.05, 3.63) is 70.8 Å². The van der Waals surface area contributed by atoms with Gasteiger partial charge >= 0.3 is 0 Å². The van der Waals surface area contributed by atoms with Crippen LogP contribution in [0.4, 0.5) is 0 Å². The van der Waals surface area contributed by atoms with E-state index in [2.05, 4.69) is 42.5 Å². The number of fused-ring (bicyclic) bond motifs is 3. The monoisotopic (exact) mass is 273 g/mol. The Hall–Kier alpha value is -2.53. The van der Waals surface area contributed by atoms with Gasteiger partial charge in [0, 0.05) is 24.0 Å². The Labute approximate surface area is 124 Å². The van der Waals surface area contributed by atoms with Crippen molar-refractivity contribution in [2.24, 2.45) is 0 Å². The van der Waals surface area contributed by atoms with Crippen molar-refractivity contribution in [3.8, 4) is 11.8 Å². The molecule has 0 amide bonds. The molecule has 2 nitrogen and oxygen atoms in total. The molecule has 2 aromatic carbocycles. The molecule has 0 spiro atoms. The van der Waals surface area contributed by atoms with E-state index in [4.69, 9.17) is 4.74 Å². The fourth-order valence-electron chi connectivity index (χ4n) is 3.58. The van der Waals surface area contributed by atoms with E-state index >= 15 is 0 Å². The Balaban J connectivity index is 1.88. The van der Waals surface area contributed by atoms with Crippen LogP contribution in [0.25, 0.3) is 5.57 Å². The predicted molar refractivity (Wildman–Crippen MR) is 82.1 cm³/mol. The summed E-state index contributed by atoms with van der Waals surface area (Å²) in [4.78, 5) is 0. The first kappa shape index (κ1) is 12.2. The number of ether oxygens (including phenoxy) is 1. The summed E-state index contributed by atoms with van der Waals surface area (Å²) in [7, 11) is 0. The maximum atomic E-state index is 9.21. The van der Waals surface area contributed by atoms with Gasteiger partial charge in [0.15, 0.2) is 0 Å². The van der Waals surface area contributed by atoms with Gasteiger partial charge in [0.25, 0.3) is 0 Å². The molecule has 4 rings (SSSR count). The zero-order valence-corrected chi connectivity index (χ0v) is 11.7. The van der Waals surface area contributed by atoms with Gasteiger partial charge in [-0.05, 0) is 34.8 Å². The van der Waals surface area contributed by atoms with Crippen LogP contribution < -0.4 is 4.74 Å². The average molecular weight is 273 g/mol. The van der Waals surface area contributed by atoms with Gasteiger partial charge in [0.2, 0.25) is 0 Å². The first-order chi connectivity index (χ1) is 10.4. The average Bonchev–Trinajstić information content (AvgIpc) is 3.12. The molecule has 0 radical (unpaired) electrons. The summed E-state index contributed by atoms with van der Waals surface area (Å²) >= 11 is 0. The molecular formula is C19H15NO. The number of hydrogen-bond acceptors (Lipinski definition) is 2. The van der Waals surface area contributed by atoms with E-state index in [0.717, 1.165) is 30.8 Å². The van der Waals surface area contributed by atoms with E-state index < -0.39 is 0 Å². The van der Waals surface area contributed by atoms with Crippen molar-refractivity contribution in [1.29, 1.82) is 5.26 Å². The summed E-state index contributed by atoms with van der Waals surface area (Å²) in [5.74, 6) is 1.28. The SMILES string of the molecule is N#CC=C1c2c(ccc3c2CCO3)CC1c1ccccc1. The molecule has 1 aliphatic heterocycles. The Bertz CT molecular complexity index is 768. The van der Waals surface area contributed by atoms with Gasteiger partial charge in [-0.25, -0.2) is 0 Å². The van der Waals surface area contributed by atoms with Crippen LogP contribution in [-0.4, -0.2) is 6.61 Å². The van der Waals surface area contributed by atoms with E-state index in [1.165, 1.54) is 22.3 Å². The van der Waals surface area contributed by atoms with Gasteiger partial charge in [0.1, 0.15) is 5.75 Å². The normalized spacial score (nSPS) is 20.7. The quantitative estimate of drug-likeness (QED) is 0.739. The molecule has 2 aliphatic rings. The molecule has 0 aromatic heterocycles. The molecule has 102 valence electrons. The third-order valence-corrected chi connectivity index (χ3v) is 4.48. The van der Waals surface area contributed by atoms with Crippen LogP contribution in [0.5, 0.6) is 5.75 Å². The molecular weight excluding hydrogens is 258 g/mol. The number of nitriles is 1. The zero-order chi connectivity index (χ0) is 14.2. The zero-order valence-electron chi connectivity index (χ0n) is 11.7. The third kappa shape index (κ3) is 1.86. The summed E-state index contributed by atoms with van der Waals surface area (Å²) in [6.45, 7) is 0.752. The van der Waals surface area contributed by atoms with Gasteiger partial charge in [-0.15, -0.1) is 0 Å². The molecule has 0 saturated heterocycles. The Morgan fingerprint density at radius 1 is 1.14 bits per heavy atom. The summed E-state index contributed by atoms with van der Waals surface area (Å²) in [5.41, 5.74) is 6.33. The minimum Gasteiger partial charge on any atom is -0.493 e. The van der Waals surface area contributed by atoms with Gasteiger partial charge in [-0.2, -0.15) is 5.26 Å². The van der Waals surface area contributed by atoms with Crippen molar-refractivity contribution in [2.45, 2.75) is 18.8 Å². The predicted octanol–water partition coefficient (Wildman–Crippen LogP) is 3.87. The molecule has 1 heterocycles. The second-order valence-electron chi connectivity index (χ2n) is 5.57. The lowest BCUT2D eigenvalue weighted by Crippen LogP contribution is -1.97. The van der Waals surface area contributed by atoms with Crippen molar-refractivity contribution in [2.75, 3.05) is 6.61 Å². The number of hydrogen-bond donors (Lipinski definition) is 0. The number of nitrogens with zero attached hydrogens (tertiary/aromatic N) is 1. The van der Waals surface area contributed by atoms with Crippen LogP contribution in [0.3, 0.4) is 0 Å². The van der Waals surface area contributed by atoms with Gasteiger partial charge in [-0.1, -0.05) is 36.4 Å². The van der Waals surface area contributed by atoms with Crippen molar-refractivity contribution in [3.63, 3.8) is 0 Å². The second kappa shape index (κ2) is 4.79. The molecule has 1 atom stereocenters. The Morgan fingerprint density at radius 3 is 2.81 bits per heavy atom.